The molecule has 1 saturated carbocycles. The average Bonchev–Trinajstić information content (AvgIpc) is 3.20. The minimum atomic E-state index is -3.75. The predicted molar refractivity (Wildman–Crippen MR) is 135 cm³/mol. The molecule has 36 heavy (non-hydrogen) atoms. The molecular weight excluding hydrogens is 482 g/mol. The Morgan fingerprint density at radius 2 is 1.94 bits per heavy atom. The largest absolute Gasteiger partial charge is 0.493 e. The molecule has 3 heterocycles. The van der Waals surface area contributed by atoms with Gasteiger partial charge in [0.05, 0.1) is 42.8 Å². The van der Waals surface area contributed by atoms with Gasteiger partial charge in [-0.3, -0.25) is 9.69 Å². The van der Waals surface area contributed by atoms with E-state index in [0.29, 0.717) is 23.9 Å². The molecule has 1 amide bonds. The van der Waals surface area contributed by atoms with Gasteiger partial charge in [-0.1, -0.05) is 24.6 Å². The van der Waals surface area contributed by atoms with Crippen LogP contribution in [0.2, 0.25) is 0 Å². The minimum Gasteiger partial charge on any atom is -0.493 e. The Balaban J connectivity index is 1.52. The van der Waals surface area contributed by atoms with Crippen molar-refractivity contribution in [1.29, 1.82) is 0 Å². The van der Waals surface area contributed by atoms with Gasteiger partial charge in [0.15, 0.2) is 5.65 Å². The van der Waals surface area contributed by atoms with Crippen LogP contribution in [0.25, 0.3) is 16.7 Å². The number of nitrogens with one attached hydrogen (secondary N) is 1. The lowest BCUT2D eigenvalue weighted by Gasteiger charge is -2.26. The summed E-state index contributed by atoms with van der Waals surface area (Å²) in [6.45, 7) is 4.64. The fourth-order valence-electron chi connectivity index (χ4n) is 4.57. The number of morpholine rings is 1. The monoisotopic (exact) mass is 513 g/mol. The van der Waals surface area contributed by atoms with E-state index in [0.717, 1.165) is 81.6 Å². The topological polar surface area (TPSA) is 116 Å². The van der Waals surface area contributed by atoms with Gasteiger partial charge in [0.1, 0.15) is 11.4 Å². The number of carbonyl (C=O) groups excluding carboxylic acids is 1. The number of fused-ring (bicyclic) bond motifs is 1. The summed E-state index contributed by atoms with van der Waals surface area (Å²) >= 11 is 0. The van der Waals surface area contributed by atoms with Crippen LogP contribution in [0.5, 0.6) is 5.75 Å². The number of aromatic nitrogens is 3. The van der Waals surface area contributed by atoms with Crippen molar-refractivity contribution in [2.45, 2.75) is 31.6 Å². The van der Waals surface area contributed by atoms with Crippen LogP contribution in [-0.4, -0.2) is 79.7 Å². The van der Waals surface area contributed by atoms with Crippen LogP contribution in [0, 0.1) is 0 Å². The lowest BCUT2D eigenvalue weighted by molar-refractivity contribution is 0.0358. The average molecular weight is 514 g/mol. The van der Waals surface area contributed by atoms with Crippen molar-refractivity contribution in [3.63, 3.8) is 0 Å². The number of pyridine rings is 1. The third kappa shape index (κ3) is 5.53. The standard InChI is InChI=1S/C25H31N5O5S/c1-36(32,33)28-25(31)20-17-21(35-14-6-11-29-12-15-34-16-13-29)22-23(18-7-5-8-18)27-30(24(22)26-20)19-9-3-2-4-10-19/h2-4,9-10,17-18H,5-8,11-16H2,1H3,(H,28,31). The quantitative estimate of drug-likeness (QED) is 0.434. The highest BCUT2D eigenvalue weighted by Crippen LogP contribution is 2.42. The Bertz CT molecular complexity index is 1330. The zero-order valence-electron chi connectivity index (χ0n) is 20.4. The van der Waals surface area contributed by atoms with E-state index < -0.39 is 15.9 Å². The van der Waals surface area contributed by atoms with Gasteiger partial charge in [-0.15, -0.1) is 0 Å². The molecule has 1 aromatic carbocycles. The SMILES string of the molecule is CS(=O)(=O)NC(=O)c1cc(OCCCN2CCOCC2)c2c(C3CCC3)nn(-c3ccccc3)c2n1. The third-order valence-electron chi connectivity index (χ3n) is 6.61. The summed E-state index contributed by atoms with van der Waals surface area (Å²) in [5.41, 5.74) is 2.16. The highest BCUT2D eigenvalue weighted by atomic mass is 32.2. The molecule has 0 radical (unpaired) electrons. The Morgan fingerprint density at radius 3 is 2.61 bits per heavy atom. The first-order valence-electron chi connectivity index (χ1n) is 12.3. The normalized spacial score (nSPS) is 17.1. The Morgan fingerprint density at radius 1 is 1.19 bits per heavy atom. The summed E-state index contributed by atoms with van der Waals surface area (Å²) in [5, 5.41) is 5.70. The van der Waals surface area contributed by atoms with Crippen molar-refractivity contribution in [3.05, 3.63) is 47.8 Å². The number of rotatable bonds is 9. The number of para-hydroxylation sites is 1. The van der Waals surface area contributed by atoms with E-state index in [2.05, 4.69) is 9.88 Å². The lowest BCUT2D eigenvalue weighted by atomic mass is 9.82. The number of nitrogens with zero attached hydrogens (tertiary/aromatic N) is 4. The van der Waals surface area contributed by atoms with Gasteiger partial charge >= 0.3 is 0 Å². The van der Waals surface area contributed by atoms with Gasteiger partial charge in [0, 0.05) is 31.6 Å². The van der Waals surface area contributed by atoms with Crippen LogP contribution in [0.3, 0.4) is 0 Å². The molecule has 1 aliphatic heterocycles. The Labute approximate surface area is 210 Å². The number of ether oxygens (including phenoxy) is 2. The first-order chi connectivity index (χ1) is 17.4. The van der Waals surface area contributed by atoms with E-state index in [1.807, 2.05) is 35.1 Å². The fraction of sp³-hybridized carbons (Fsp3) is 0.480. The van der Waals surface area contributed by atoms with Crippen molar-refractivity contribution in [2.75, 3.05) is 45.7 Å². The second-order valence-corrected chi connectivity index (χ2v) is 11.1. The summed E-state index contributed by atoms with van der Waals surface area (Å²) in [7, 11) is -3.75. The molecule has 1 N–H and O–H groups in total. The minimum absolute atomic E-state index is 0.0339. The highest BCUT2D eigenvalue weighted by molar-refractivity contribution is 7.89. The van der Waals surface area contributed by atoms with Crippen molar-refractivity contribution in [1.82, 2.24) is 24.4 Å². The van der Waals surface area contributed by atoms with E-state index in [-0.39, 0.29) is 5.69 Å². The molecule has 192 valence electrons. The molecular formula is C25H31N5O5S. The highest BCUT2D eigenvalue weighted by Gasteiger charge is 2.30. The molecule has 2 fully saturated rings. The first kappa shape index (κ1) is 24.7. The van der Waals surface area contributed by atoms with Crippen molar-refractivity contribution in [2.24, 2.45) is 0 Å². The smallest absolute Gasteiger partial charge is 0.283 e. The molecule has 3 aromatic rings. The molecule has 1 aliphatic carbocycles. The van der Waals surface area contributed by atoms with Gasteiger partial charge in [0.25, 0.3) is 5.91 Å². The van der Waals surface area contributed by atoms with Gasteiger partial charge in [-0.25, -0.2) is 22.8 Å². The second-order valence-electron chi connectivity index (χ2n) is 9.32. The van der Waals surface area contributed by atoms with Crippen molar-refractivity contribution < 1.29 is 22.7 Å². The number of carbonyl (C=O) groups is 1. The number of benzene rings is 1. The van der Waals surface area contributed by atoms with Crippen LogP contribution in [-0.2, 0) is 14.8 Å². The van der Waals surface area contributed by atoms with Crippen LogP contribution in [0.1, 0.15) is 47.8 Å². The summed E-state index contributed by atoms with van der Waals surface area (Å²) in [5.74, 6) is -0.000981. The molecule has 2 aromatic heterocycles. The maximum Gasteiger partial charge on any atom is 0.283 e. The number of hydrogen-bond acceptors (Lipinski definition) is 8. The molecule has 11 heteroatoms. The van der Waals surface area contributed by atoms with E-state index in [9.17, 15) is 13.2 Å². The molecule has 5 rings (SSSR count). The molecule has 0 unspecified atom stereocenters. The first-order valence-corrected chi connectivity index (χ1v) is 14.2. The Hall–Kier alpha value is -3.02. The second kappa shape index (κ2) is 10.5. The molecule has 0 spiro atoms. The molecule has 0 atom stereocenters. The number of hydrogen-bond donors (Lipinski definition) is 1. The van der Waals surface area contributed by atoms with Crippen molar-refractivity contribution >= 4 is 27.0 Å². The molecule has 2 aliphatic rings. The maximum atomic E-state index is 12.8. The van der Waals surface area contributed by atoms with Gasteiger partial charge in [0.2, 0.25) is 10.0 Å². The van der Waals surface area contributed by atoms with E-state index in [4.69, 9.17) is 14.6 Å². The summed E-state index contributed by atoms with van der Waals surface area (Å²) < 4.78 is 38.9. The van der Waals surface area contributed by atoms with Crippen LogP contribution >= 0.6 is 0 Å². The van der Waals surface area contributed by atoms with Crippen LogP contribution < -0.4 is 9.46 Å². The predicted octanol–water partition coefficient (Wildman–Crippen LogP) is 2.48. The third-order valence-corrected chi connectivity index (χ3v) is 7.17. The van der Waals surface area contributed by atoms with Gasteiger partial charge < -0.3 is 9.47 Å². The van der Waals surface area contributed by atoms with E-state index in [1.165, 1.54) is 6.07 Å². The van der Waals surface area contributed by atoms with E-state index >= 15 is 0 Å². The van der Waals surface area contributed by atoms with E-state index in [1.54, 1.807) is 4.68 Å². The van der Waals surface area contributed by atoms with Crippen LogP contribution in [0.15, 0.2) is 36.4 Å². The maximum absolute atomic E-state index is 12.8. The summed E-state index contributed by atoms with van der Waals surface area (Å²) in [6, 6.07) is 11.1. The molecule has 1 saturated heterocycles. The fourth-order valence-corrected chi connectivity index (χ4v) is 5.01. The van der Waals surface area contributed by atoms with Gasteiger partial charge in [-0.05, 0) is 31.4 Å². The van der Waals surface area contributed by atoms with Crippen molar-refractivity contribution in [3.8, 4) is 11.4 Å². The van der Waals surface area contributed by atoms with Crippen LogP contribution in [0.4, 0.5) is 0 Å². The lowest BCUT2D eigenvalue weighted by Crippen LogP contribution is -2.37. The molecule has 10 nitrogen and oxygen atoms in total. The number of amides is 1. The summed E-state index contributed by atoms with van der Waals surface area (Å²) in [6.07, 6.45) is 4.96. The zero-order valence-corrected chi connectivity index (χ0v) is 21.2. The Kier molecular flexibility index (Phi) is 7.22. The number of sulfonamides is 1. The summed E-state index contributed by atoms with van der Waals surface area (Å²) in [4.78, 5) is 19.7. The molecule has 0 bridgehead atoms. The van der Waals surface area contributed by atoms with Gasteiger partial charge in [-0.2, -0.15) is 5.10 Å². The zero-order chi connectivity index (χ0) is 25.1.